The second-order valence-corrected chi connectivity index (χ2v) is 4.32. The maximum atomic E-state index is 11.5. The number of hydrogen-bond donors (Lipinski definition) is 2. The number of anilines is 1. The molecule has 0 unspecified atom stereocenters. The summed E-state index contributed by atoms with van der Waals surface area (Å²) < 4.78 is 0. The van der Waals surface area contributed by atoms with Crippen LogP contribution in [0.1, 0.15) is 18.1 Å². The average Bonchev–Trinajstić information content (AvgIpc) is 2.29. The van der Waals surface area contributed by atoms with Gasteiger partial charge in [-0.2, -0.15) is 0 Å². The maximum Gasteiger partial charge on any atom is 0.239 e. The summed E-state index contributed by atoms with van der Waals surface area (Å²) >= 11 is 0. The summed E-state index contributed by atoms with van der Waals surface area (Å²) in [5, 5.41) is 5.87. The van der Waals surface area contributed by atoms with Crippen molar-refractivity contribution in [3.05, 3.63) is 23.4 Å². The third-order valence-corrected chi connectivity index (χ3v) is 2.60. The lowest BCUT2D eigenvalue weighted by atomic mass is 10.2. The predicted octanol–water partition coefficient (Wildman–Crippen LogP) is 0.682. The second kappa shape index (κ2) is 6.96. The van der Waals surface area contributed by atoms with Crippen LogP contribution in [0.4, 0.5) is 5.82 Å². The molecular weight excluding hydrogens is 228 g/mol. The van der Waals surface area contributed by atoms with Crippen LogP contribution in [-0.2, 0) is 11.3 Å². The molecule has 0 radical (unpaired) electrons. The summed E-state index contributed by atoms with van der Waals surface area (Å²) in [4.78, 5) is 17.8. The molecule has 0 fully saturated rings. The van der Waals surface area contributed by atoms with Crippen LogP contribution >= 0.6 is 0 Å². The first-order valence-corrected chi connectivity index (χ1v) is 6.16. The Kier molecular flexibility index (Phi) is 5.58. The molecule has 1 aromatic rings. The zero-order valence-corrected chi connectivity index (χ0v) is 11.6. The number of rotatable bonds is 6. The van der Waals surface area contributed by atoms with Gasteiger partial charge in [0, 0.05) is 26.3 Å². The molecule has 1 aromatic heterocycles. The van der Waals surface area contributed by atoms with Crippen LogP contribution in [0.5, 0.6) is 0 Å². The van der Waals surface area contributed by atoms with E-state index >= 15 is 0 Å². The molecule has 0 bridgehead atoms. The van der Waals surface area contributed by atoms with Crippen molar-refractivity contribution < 1.29 is 4.79 Å². The number of nitrogens with zero attached hydrogens (tertiary/aromatic N) is 2. The lowest BCUT2D eigenvalue weighted by Crippen LogP contribution is -2.35. The standard InChI is InChI=1S/C13H22N4O/c1-5-15-12(18)9-17(4)13-10(2)6-11(7-14-3)8-16-13/h6,8,14H,5,7,9H2,1-4H3,(H,15,18). The molecule has 100 valence electrons. The number of carbonyl (C=O) groups excluding carboxylic acids is 1. The van der Waals surface area contributed by atoms with Gasteiger partial charge in [-0.05, 0) is 38.1 Å². The van der Waals surface area contributed by atoms with E-state index in [0.717, 1.165) is 23.5 Å². The van der Waals surface area contributed by atoms with E-state index in [-0.39, 0.29) is 5.91 Å². The van der Waals surface area contributed by atoms with Crippen molar-refractivity contribution >= 4 is 11.7 Å². The van der Waals surface area contributed by atoms with Gasteiger partial charge in [-0.1, -0.05) is 0 Å². The van der Waals surface area contributed by atoms with Crippen LogP contribution in [0, 0.1) is 6.92 Å². The van der Waals surface area contributed by atoms with E-state index in [9.17, 15) is 4.79 Å². The van der Waals surface area contributed by atoms with E-state index in [2.05, 4.69) is 21.7 Å². The van der Waals surface area contributed by atoms with Crippen LogP contribution in [-0.4, -0.2) is 38.1 Å². The number of aromatic nitrogens is 1. The first kappa shape index (κ1) is 14.4. The van der Waals surface area contributed by atoms with Crippen LogP contribution < -0.4 is 15.5 Å². The molecule has 0 aliphatic rings. The van der Waals surface area contributed by atoms with Crippen molar-refractivity contribution in [3.8, 4) is 0 Å². The molecule has 0 spiro atoms. The summed E-state index contributed by atoms with van der Waals surface area (Å²) in [6, 6.07) is 2.09. The Balaban J connectivity index is 2.73. The average molecular weight is 250 g/mol. The Morgan fingerprint density at radius 2 is 2.22 bits per heavy atom. The first-order valence-electron chi connectivity index (χ1n) is 6.16. The molecule has 1 heterocycles. The summed E-state index contributed by atoms with van der Waals surface area (Å²) in [6.45, 7) is 5.70. The zero-order valence-electron chi connectivity index (χ0n) is 11.6. The van der Waals surface area contributed by atoms with E-state index in [4.69, 9.17) is 0 Å². The third-order valence-electron chi connectivity index (χ3n) is 2.60. The van der Waals surface area contributed by atoms with Crippen LogP contribution in [0.25, 0.3) is 0 Å². The summed E-state index contributed by atoms with van der Waals surface area (Å²) in [6.07, 6.45) is 1.84. The van der Waals surface area contributed by atoms with E-state index in [1.54, 1.807) is 0 Å². The van der Waals surface area contributed by atoms with Crippen LogP contribution in [0.15, 0.2) is 12.3 Å². The first-order chi connectivity index (χ1) is 8.58. The minimum Gasteiger partial charge on any atom is -0.355 e. The van der Waals surface area contributed by atoms with Crippen LogP contribution in [0.2, 0.25) is 0 Å². The Labute approximate surface area is 109 Å². The van der Waals surface area contributed by atoms with Gasteiger partial charge in [-0.3, -0.25) is 4.79 Å². The molecule has 0 atom stereocenters. The lowest BCUT2D eigenvalue weighted by Gasteiger charge is -2.20. The fourth-order valence-electron chi connectivity index (χ4n) is 1.87. The van der Waals surface area contributed by atoms with Crippen molar-refractivity contribution in [2.75, 3.05) is 32.1 Å². The minimum atomic E-state index is 0.0144. The van der Waals surface area contributed by atoms with E-state index in [1.165, 1.54) is 0 Å². The van der Waals surface area contributed by atoms with Gasteiger partial charge in [0.2, 0.25) is 5.91 Å². The number of amides is 1. The number of likely N-dealkylation sites (N-methyl/N-ethyl adjacent to an activating group) is 2. The molecule has 2 N–H and O–H groups in total. The highest BCUT2D eigenvalue weighted by atomic mass is 16.2. The van der Waals surface area contributed by atoms with Gasteiger partial charge in [-0.25, -0.2) is 4.98 Å². The van der Waals surface area contributed by atoms with E-state index in [1.807, 2.05) is 39.0 Å². The smallest absolute Gasteiger partial charge is 0.239 e. The van der Waals surface area contributed by atoms with Crippen LogP contribution in [0.3, 0.4) is 0 Å². The molecule has 0 aliphatic heterocycles. The Morgan fingerprint density at radius 1 is 1.50 bits per heavy atom. The minimum absolute atomic E-state index is 0.0144. The number of carbonyl (C=O) groups is 1. The Bertz CT molecular complexity index is 406. The van der Waals surface area contributed by atoms with E-state index in [0.29, 0.717) is 13.1 Å². The Morgan fingerprint density at radius 3 is 2.78 bits per heavy atom. The monoisotopic (exact) mass is 250 g/mol. The lowest BCUT2D eigenvalue weighted by molar-refractivity contribution is -0.119. The topological polar surface area (TPSA) is 57.3 Å². The highest BCUT2D eigenvalue weighted by Crippen LogP contribution is 2.16. The fraction of sp³-hybridized carbons (Fsp3) is 0.538. The largest absolute Gasteiger partial charge is 0.355 e. The molecule has 5 nitrogen and oxygen atoms in total. The quantitative estimate of drug-likeness (QED) is 0.779. The molecule has 0 aromatic carbocycles. The van der Waals surface area contributed by atoms with Crippen molar-refractivity contribution in [1.82, 2.24) is 15.6 Å². The highest BCUT2D eigenvalue weighted by molar-refractivity contribution is 5.81. The molecule has 5 heteroatoms. The van der Waals surface area contributed by atoms with Gasteiger partial charge >= 0.3 is 0 Å². The Hall–Kier alpha value is -1.62. The van der Waals surface area contributed by atoms with Gasteiger partial charge in [-0.15, -0.1) is 0 Å². The van der Waals surface area contributed by atoms with Gasteiger partial charge in [0.15, 0.2) is 0 Å². The van der Waals surface area contributed by atoms with Gasteiger partial charge in [0.25, 0.3) is 0 Å². The maximum absolute atomic E-state index is 11.5. The van der Waals surface area contributed by atoms with E-state index < -0.39 is 0 Å². The van der Waals surface area contributed by atoms with Gasteiger partial charge in [0.1, 0.15) is 5.82 Å². The molecule has 1 amide bonds. The molecular formula is C13H22N4O. The number of pyridine rings is 1. The summed E-state index contributed by atoms with van der Waals surface area (Å²) in [7, 11) is 3.78. The van der Waals surface area contributed by atoms with Crippen molar-refractivity contribution in [2.24, 2.45) is 0 Å². The molecule has 0 aliphatic carbocycles. The summed E-state index contributed by atoms with van der Waals surface area (Å²) in [5.74, 6) is 0.863. The van der Waals surface area contributed by atoms with Gasteiger partial charge < -0.3 is 15.5 Å². The molecule has 0 saturated heterocycles. The normalized spacial score (nSPS) is 10.2. The SMILES string of the molecule is CCNC(=O)CN(C)c1ncc(CNC)cc1C. The van der Waals surface area contributed by atoms with Crippen molar-refractivity contribution in [2.45, 2.75) is 20.4 Å². The molecule has 18 heavy (non-hydrogen) atoms. The number of nitrogens with one attached hydrogen (secondary N) is 2. The molecule has 0 saturated carbocycles. The summed E-state index contributed by atoms with van der Waals surface area (Å²) in [5.41, 5.74) is 2.22. The van der Waals surface area contributed by atoms with Gasteiger partial charge in [0.05, 0.1) is 6.54 Å². The second-order valence-electron chi connectivity index (χ2n) is 4.32. The van der Waals surface area contributed by atoms with Crippen molar-refractivity contribution in [3.63, 3.8) is 0 Å². The molecule has 1 rings (SSSR count). The highest BCUT2D eigenvalue weighted by Gasteiger charge is 2.10. The number of hydrogen-bond acceptors (Lipinski definition) is 4. The number of aryl methyl sites for hydroxylation is 1. The third kappa shape index (κ3) is 4.00. The van der Waals surface area contributed by atoms with Crippen molar-refractivity contribution in [1.29, 1.82) is 0 Å². The predicted molar refractivity (Wildman–Crippen MR) is 73.7 cm³/mol. The zero-order chi connectivity index (χ0) is 13.5. The fourth-order valence-corrected chi connectivity index (χ4v) is 1.87.